The average Bonchev–Trinajstić information content (AvgIpc) is 2.57. The largest absolute Gasteiger partial charge is 0.435 e. The van der Waals surface area contributed by atoms with Crippen LogP contribution in [-0.4, -0.2) is 15.6 Å². The van der Waals surface area contributed by atoms with Gasteiger partial charge in [-0.25, -0.2) is 9.07 Å². The third-order valence-corrected chi connectivity index (χ3v) is 2.48. The van der Waals surface area contributed by atoms with Gasteiger partial charge in [0.1, 0.15) is 11.4 Å². The highest BCUT2D eigenvalue weighted by atomic mass is 19.1. The van der Waals surface area contributed by atoms with Crippen LogP contribution in [0.2, 0.25) is 0 Å². The van der Waals surface area contributed by atoms with E-state index in [1.54, 1.807) is 26.1 Å². The summed E-state index contributed by atoms with van der Waals surface area (Å²) < 4.78 is 20.4. The zero-order valence-corrected chi connectivity index (χ0v) is 10.1. The monoisotopic (exact) mass is 248 g/mol. The number of amidine groups is 1. The minimum atomic E-state index is -0.481. The number of hydrogen-bond donors (Lipinski definition) is 2. The fourth-order valence-corrected chi connectivity index (χ4v) is 1.70. The summed E-state index contributed by atoms with van der Waals surface area (Å²) in [7, 11) is 1.65. The van der Waals surface area contributed by atoms with E-state index in [0.717, 1.165) is 0 Å². The lowest BCUT2D eigenvalue weighted by Crippen LogP contribution is -2.13. The van der Waals surface area contributed by atoms with Gasteiger partial charge in [0.05, 0.1) is 5.69 Å². The first-order valence-electron chi connectivity index (χ1n) is 5.31. The molecule has 2 rings (SSSR count). The van der Waals surface area contributed by atoms with Crippen LogP contribution in [0, 0.1) is 18.2 Å². The Morgan fingerprint density at radius 2 is 2.11 bits per heavy atom. The second-order valence-corrected chi connectivity index (χ2v) is 3.84. The van der Waals surface area contributed by atoms with Crippen LogP contribution in [0.25, 0.3) is 0 Å². The smallest absolute Gasteiger partial charge is 0.229 e. The Kier molecular flexibility index (Phi) is 3.01. The van der Waals surface area contributed by atoms with E-state index in [1.165, 1.54) is 16.8 Å². The first kappa shape index (κ1) is 12.1. The number of nitrogens with zero attached hydrogens (tertiary/aromatic N) is 2. The molecule has 0 aliphatic rings. The van der Waals surface area contributed by atoms with Crippen LogP contribution < -0.4 is 10.5 Å². The molecule has 0 aliphatic carbocycles. The van der Waals surface area contributed by atoms with Gasteiger partial charge in [-0.15, -0.1) is 0 Å². The highest BCUT2D eigenvalue weighted by Crippen LogP contribution is 2.28. The van der Waals surface area contributed by atoms with E-state index in [1.807, 2.05) is 0 Å². The molecular formula is C12H13FN4O. The van der Waals surface area contributed by atoms with Gasteiger partial charge in [-0.3, -0.25) is 5.41 Å². The Labute approximate surface area is 103 Å². The minimum absolute atomic E-state index is 0.0722. The number of nitrogens with two attached hydrogens (primary N) is 1. The van der Waals surface area contributed by atoms with E-state index in [0.29, 0.717) is 11.3 Å². The van der Waals surface area contributed by atoms with Crippen molar-refractivity contribution in [2.24, 2.45) is 12.8 Å². The number of nitrogen functional groups attached to an aromatic ring is 1. The van der Waals surface area contributed by atoms with Crippen LogP contribution in [-0.2, 0) is 7.05 Å². The average molecular weight is 248 g/mol. The molecule has 0 aliphatic heterocycles. The molecule has 0 fully saturated rings. The normalized spacial score (nSPS) is 10.4. The van der Waals surface area contributed by atoms with Crippen molar-refractivity contribution < 1.29 is 9.13 Å². The topological polar surface area (TPSA) is 76.9 Å². The fraction of sp³-hybridized carbons (Fsp3) is 0.167. The first-order valence-corrected chi connectivity index (χ1v) is 5.31. The second kappa shape index (κ2) is 4.48. The van der Waals surface area contributed by atoms with Gasteiger partial charge in [-0.1, -0.05) is 12.1 Å². The number of benzene rings is 1. The number of halogens is 1. The van der Waals surface area contributed by atoms with Crippen molar-refractivity contribution >= 4 is 5.84 Å². The zero-order chi connectivity index (χ0) is 13.3. The second-order valence-electron chi connectivity index (χ2n) is 3.84. The molecule has 0 bridgehead atoms. The maximum atomic E-state index is 13.5. The molecule has 1 aromatic heterocycles. The molecule has 0 saturated heterocycles. The minimum Gasteiger partial charge on any atom is -0.435 e. The Hall–Kier alpha value is -2.37. The van der Waals surface area contributed by atoms with Gasteiger partial charge in [-0.2, -0.15) is 5.10 Å². The molecule has 6 heteroatoms. The summed E-state index contributed by atoms with van der Waals surface area (Å²) in [6, 6.07) is 6.03. The highest BCUT2D eigenvalue weighted by molar-refractivity contribution is 5.98. The Morgan fingerprint density at radius 3 is 2.72 bits per heavy atom. The van der Waals surface area contributed by atoms with Gasteiger partial charge >= 0.3 is 0 Å². The van der Waals surface area contributed by atoms with Gasteiger partial charge in [0.15, 0.2) is 11.6 Å². The fourth-order valence-electron chi connectivity index (χ4n) is 1.70. The molecular weight excluding hydrogens is 235 g/mol. The quantitative estimate of drug-likeness (QED) is 0.643. The standard InChI is InChI=1S/C12H13FN4O/c1-7-10(11(14)15)12(17(2)16-7)18-9-6-4-3-5-8(9)13/h3-6H,1-2H3,(H3,14,15). The van der Waals surface area contributed by atoms with Crippen LogP contribution in [0.15, 0.2) is 24.3 Å². The summed E-state index contributed by atoms with van der Waals surface area (Å²) in [5, 5.41) is 11.6. The molecule has 0 unspecified atom stereocenters. The van der Waals surface area contributed by atoms with Crippen molar-refractivity contribution in [2.75, 3.05) is 0 Å². The van der Waals surface area contributed by atoms with Crippen LogP contribution in [0.1, 0.15) is 11.3 Å². The van der Waals surface area contributed by atoms with Gasteiger partial charge in [0.2, 0.25) is 5.88 Å². The lowest BCUT2D eigenvalue weighted by molar-refractivity contribution is 0.403. The summed E-state index contributed by atoms with van der Waals surface area (Å²) in [5.74, 6) is -0.314. The van der Waals surface area contributed by atoms with Crippen molar-refractivity contribution in [3.05, 3.63) is 41.3 Å². The molecule has 94 valence electrons. The highest BCUT2D eigenvalue weighted by Gasteiger charge is 2.18. The van der Waals surface area contributed by atoms with Crippen molar-refractivity contribution in [2.45, 2.75) is 6.92 Å². The van der Waals surface area contributed by atoms with Crippen LogP contribution in [0.5, 0.6) is 11.6 Å². The molecule has 0 atom stereocenters. The predicted octanol–water partition coefficient (Wildman–Crippen LogP) is 1.94. The molecule has 0 amide bonds. The van der Waals surface area contributed by atoms with E-state index in [2.05, 4.69) is 5.10 Å². The van der Waals surface area contributed by atoms with Gasteiger partial charge < -0.3 is 10.5 Å². The van der Waals surface area contributed by atoms with Crippen molar-refractivity contribution in [1.82, 2.24) is 9.78 Å². The van der Waals surface area contributed by atoms with E-state index < -0.39 is 5.82 Å². The van der Waals surface area contributed by atoms with Gasteiger partial charge in [-0.05, 0) is 19.1 Å². The van der Waals surface area contributed by atoms with Gasteiger partial charge in [0, 0.05) is 7.05 Å². The lowest BCUT2D eigenvalue weighted by atomic mass is 10.2. The summed E-state index contributed by atoms with van der Waals surface area (Å²) in [4.78, 5) is 0. The van der Waals surface area contributed by atoms with Crippen molar-refractivity contribution in [3.63, 3.8) is 0 Å². The predicted molar refractivity (Wildman–Crippen MR) is 65.4 cm³/mol. The van der Waals surface area contributed by atoms with Gasteiger partial charge in [0.25, 0.3) is 0 Å². The van der Waals surface area contributed by atoms with Crippen LogP contribution in [0.3, 0.4) is 0 Å². The van der Waals surface area contributed by atoms with E-state index in [9.17, 15) is 4.39 Å². The molecule has 0 radical (unpaired) electrons. The van der Waals surface area contributed by atoms with Crippen LogP contribution in [0.4, 0.5) is 4.39 Å². The summed E-state index contributed by atoms with van der Waals surface area (Å²) in [6.07, 6.45) is 0. The van der Waals surface area contributed by atoms with Crippen LogP contribution >= 0.6 is 0 Å². The number of nitrogens with one attached hydrogen (secondary N) is 1. The molecule has 1 heterocycles. The number of hydrogen-bond acceptors (Lipinski definition) is 3. The third kappa shape index (κ3) is 2.04. The summed E-state index contributed by atoms with van der Waals surface area (Å²) in [5.41, 5.74) is 6.42. The summed E-state index contributed by atoms with van der Waals surface area (Å²) in [6.45, 7) is 1.71. The molecule has 2 aromatic rings. The SMILES string of the molecule is Cc1nn(C)c(Oc2ccccc2F)c1C(=N)N. The van der Waals surface area contributed by atoms with E-state index in [-0.39, 0.29) is 17.5 Å². The number of aryl methyl sites for hydroxylation is 2. The zero-order valence-electron chi connectivity index (χ0n) is 10.1. The maximum Gasteiger partial charge on any atom is 0.229 e. The van der Waals surface area contributed by atoms with E-state index in [4.69, 9.17) is 15.9 Å². The number of rotatable bonds is 3. The lowest BCUT2D eigenvalue weighted by Gasteiger charge is -2.08. The van der Waals surface area contributed by atoms with E-state index >= 15 is 0 Å². The molecule has 3 N–H and O–H groups in total. The summed E-state index contributed by atoms with van der Waals surface area (Å²) >= 11 is 0. The number of para-hydroxylation sites is 1. The molecule has 0 spiro atoms. The Balaban J connectivity index is 2.47. The Morgan fingerprint density at radius 1 is 1.44 bits per heavy atom. The molecule has 1 aromatic carbocycles. The third-order valence-electron chi connectivity index (χ3n) is 2.48. The molecule has 18 heavy (non-hydrogen) atoms. The van der Waals surface area contributed by atoms with Crippen molar-refractivity contribution in [1.29, 1.82) is 5.41 Å². The molecule has 0 saturated carbocycles. The maximum absolute atomic E-state index is 13.5. The molecule has 5 nitrogen and oxygen atoms in total. The number of aromatic nitrogens is 2. The Bertz CT molecular complexity index is 606. The first-order chi connectivity index (χ1) is 8.50. The van der Waals surface area contributed by atoms with Crippen molar-refractivity contribution in [3.8, 4) is 11.6 Å². The number of ether oxygens (including phenoxy) is 1.